The Morgan fingerprint density at radius 2 is 1.50 bits per heavy atom. The lowest BCUT2D eigenvalue weighted by atomic mass is 9.97. The van der Waals surface area contributed by atoms with Crippen LogP contribution in [-0.2, 0) is 42.9 Å². The van der Waals surface area contributed by atoms with Crippen molar-refractivity contribution in [2.24, 2.45) is 0 Å². The van der Waals surface area contributed by atoms with Gasteiger partial charge in [0.15, 0.2) is 12.4 Å². The van der Waals surface area contributed by atoms with Crippen LogP contribution in [0.2, 0.25) is 0 Å². The molecule has 0 spiro atoms. The van der Waals surface area contributed by atoms with Gasteiger partial charge in [0.05, 0.1) is 6.61 Å². The summed E-state index contributed by atoms with van der Waals surface area (Å²) >= 11 is 0. The predicted molar refractivity (Wildman–Crippen MR) is 85.6 cm³/mol. The van der Waals surface area contributed by atoms with Crippen LogP contribution < -0.4 is 5.32 Å². The Labute approximate surface area is 151 Å². The first-order valence-electron chi connectivity index (χ1n) is 8.07. The van der Waals surface area contributed by atoms with Gasteiger partial charge in [-0.2, -0.15) is 0 Å². The fraction of sp³-hybridized carbons (Fsp3) is 0.750. The molecule has 1 rings (SSSR count). The van der Waals surface area contributed by atoms with E-state index in [-0.39, 0.29) is 13.0 Å². The van der Waals surface area contributed by atoms with Crippen molar-refractivity contribution in [3.63, 3.8) is 0 Å². The molecule has 3 unspecified atom stereocenters. The molecule has 0 saturated carbocycles. The second-order valence-corrected chi connectivity index (χ2v) is 5.85. The molecule has 1 heterocycles. The molecule has 148 valence electrons. The van der Waals surface area contributed by atoms with Gasteiger partial charge in [0.25, 0.3) is 0 Å². The smallest absolute Gasteiger partial charge is 0.303 e. The zero-order chi connectivity index (χ0) is 19.9. The molecule has 0 aliphatic carbocycles. The second kappa shape index (κ2) is 10.1. The molecule has 0 radical (unpaired) electrons. The fourth-order valence-electron chi connectivity index (χ4n) is 2.74. The first-order valence-corrected chi connectivity index (χ1v) is 8.07. The number of nitrogens with one attached hydrogen (secondary N) is 1. The highest BCUT2D eigenvalue weighted by molar-refractivity contribution is 5.73. The monoisotopic (exact) mass is 375 g/mol. The maximum absolute atomic E-state index is 11.6. The van der Waals surface area contributed by atoms with Gasteiger partial charge in [-0.15, -0.1) is 0 Å². The third-order valence-electron chi connectivity index (χ3n) is 3.51. The minimum atomic E-state index is -1.11. The van der Waals surface area contributed by atoms with Crippen LogP contribution in [0.5, 0.6) is 0 Å². The van der Waals surface area contributed by atoms with Crippen LogP contribution in [0, 0.1) is 0 Å². The first-order chi connectivity index (χ1) is 12.1. The van der Waals surface area contributed by atoms with Crippen molar-refractivity contribution >= 4 is 23.8 Å². The SMILES string of the molecule is CO[C@@H]1OCC(OC(C)=O)C[C@@H](OC(C)=O)C(OC(C)=O)C1NC(C)=O. The third-order valence-corrected chi connectivity index (χ3v) is 3.51. The number of amides is 1. The minimum Gasteiger partial charge on any atom is -0.460 e. The van der Waals surface area contributed by atoms with Gasteiger partial charge in [-0.1, -0.05) is 0 Å². The highest BCUT2D eigenvalue weighted by Gasteiger charge is 2.44. The van der Waals surface area contributed by atoms with E-state index in [1.54, 1.807) is 0 Å². The molecule has 1 N–H and O–H groups in total. The van der Waals surface area contributed by atoms with E-state index in [0.717, 1.165) is 0 Å². The van der Waals surface area contributed by atoms with E-state index >= 15 is 0 Å². The summed E-state index contributed by atoms with van der Waals surface area (Å²) in [6.07, 6.45) is -3.86. The summed E-state index contributed by atoms with van der Waals surface area (Å²) in [5.41, 5.74) is 0. The molecule has 26 heavy (non-hydrogen) atoms. The van der Waals surface area contributed by atoms with Crippen LogP contribution in [0.1, 0.15) is 34.1 Å². The predicted octanol–water partition coefficient (Wildman–Crippen LogP) is -0.321. The average molecular weight is 375 g/mol. The van der Waals surface area contributed by atoms with Gasteiger partial charge in [-0.3, -0.25) is 19.2 Å². The van der Waals surface area contributed by atoms with E-state index in [2.05, 4.69) is 5.32 Å². The van der Waals surface area contributed by atoms with E-state index in [0.29, 0.717) is 0 Å². The summed E-state index contributed by atoms with van der Waals surface area (Å²) in [5, 5.41) is 2.60. The summed E-state index contributed by atoms with van der Waals surface area (Å²) < 4.78 is 26.6. The molecule has 1 fully saturated rings. The molecule has 0 aromatic rings. The normalized spacial score (nSPS) is 28.9. The van der Waals surface area contributed by atoms with Crippen molar-refractivity contribution in [1.29, 1.82) is 0 Å². The Kier molecular flexibility index (Phi) is 8.46. The van der Waals surface area contributed by atoms with Crippen LogP contribution in [-0.4, -0.2) is 68.2 Å². The highest BCUT2D eigenvalue weighted by Crippen LogP contribution is 2.24. The van der Waals surface area contributed by atoms with Crippen molar-refractivity contribution in [2.45, 2.75) is 64.8 Å². The van der Waals surface area contributed by atoms with Gasteiger partial charge < -0.3 is 29.0 Å². The lowest BCUT2D eigenvalue weighted by Gasteiger charge is -2.39. The van der Waals surface area contributed by atoms with Crippen LogP contribution in [0.4, 0.5) is 0 Å². The van der Waals surface area contributed by atoms with Crippen molar-refractivity contribution in [2.75, 3.05) is 13.7 Å². The highest BCUT2D eigenvalue weighted by atomic mass is 16.7. The van der Waals surface area contributed by atoms with E-state index in [1.807, 2.05) is 0 Å². The molecule has 1 saturated heterocycles. The standard InChI is InChI=1S/C16H25NO9/c1-8(18)17-14-15(26-11(4)21)13(25-10(3)20)6-12(24-9(2)19)7-23-16(14)22-5/h12-16H,6-7H2,1-5H3,(H,17,18)/t12?,13-,14?,15?,16-/m1/s1. The molecule has 5 atom stereocenters. The molecule has 10 nitrogen and oxygen atoms in total. The van der Waals surface area contributed by atoms with E-state index in [9.17, 15) is 19.2 Å². The Balaban J connectivity index is 3.25. The molecule has 0 aromatic carbocycles. The van der Waals surface area contributed by atoms with Crippen molar-refractivity contribution in [3.05, 3.63) is 0 Å². The van der Waals surface area contributed by atoms with E-state index < -0.39 is 54.5 Å². The third kappa shape index (κ3) is 6.96. The zero-order valence-electron chi connectivity index (χ0n) is 15.5. The molecule has 10 heteroatoms. The second-order valence-electron chi connectivity index (χ2n) is 5.85. The number of ether oxygens (including phenoxy) is 5. The lowest BCUT2D eigenvalue weighted by molar-refractivity contribution is -0.218. The van der Waals surface area contributed by atoms with Crippen LogP contribution in [0.15, 0.2) is 0 Å². The van der Waals surface area contributed by atoms with Gasteiger partial charge in [0, 0.05) is 41.2 Å². The van der Waals surface area contributed by atoms with Gasteiger partial charge in [0.2, 0.25) is 5.91 Å². The number of carbonyl (C=O) groups excluding carboxylic acids is 4. The number of esters is 3. The number of carbonyl (C=O) groups is 4. The quantitative estimate of drug-likeness (QED) is 0.508. The Bertz CT molecular complexity index is 536. The van der Waals surface area contributed by atoms with Gasteiger partial charge in [-0.25, -0.2) is 0 Å². The lowest BCUT2D eigenvalue weighted by Crippen LogP contribution is -2.60. The summed E-state index contributed by atoms with van der Waals surface area (Å²) in [5.74, 6) is -2.23. The Morgan fingerprint density at radius 3 is 1.96 bits per heavy atom. The Hall–Kier alpha value is -2.20. The van der Waals surface area contributed by atoms with Gasteiger partial charge >= 0.3 is 17.9 Å². The topological polar surface area (TPSA) is 126 Å². The average Bonchev–Trinajstić information content (AvgIpc) is 2.48. The molecular formula is C16H25NO9. The molecule has 0 aromatic heterocycles. The van der Waals surface area contributed by atoms with Crippen molar-refractivity contribution < 1.29 is 42.9 Å². The molecule has 0 bridgehead atoms. The summed E-state index contributed by atoms with van der Waals surface area (Å²) in [4.78, 5) is 46.0. The van der Waals surface area contributed by atoms with Gasteiger partial charge in [0.1, 0.15) is 18.2 Å². The summed E-state index contributed by atoms with van der Waals surface area (Å²) in [6.45, 7) is 4.83. The summed E-state index contributed by atoms with van der Waals surface area (Å²) in [6, 6.07) is -0.941. The largest absolute Gasteiger partial charge is 0.460 e. The maximum atomic E-state index is 11.6. The number of hydrogen-bond acceptors (Lipinski definition) is 9. The van der Waals surface area contributed by atoms with E-state index in [1.165, 1.54) is 34.8 Å². The van der Waals surface area contributed by atoms with Crippen LogP contribution in [0.25, 0.3) is 0 Å². The zero-order valence-corrected chi connectivity index (χ0v) is 15.5. The number of hydrogen-bond donors (Lipinski definition) is 1. The van der Waals surface area contributed by atoms with E-state index in [4.69, 9.17) is 23.7 Å². The first kappa shape index (κ1) is 21.8. The Morgan fingerprint density at radius 1 is 0.923 bits per heavy atom. The minimum absolute atomic E-state index is 0.0175. The molecule has 1 aliphatic rings. The molecular weight excluding hydrogens is 350 g/mol. The van der Waals surface area contributed by atoms with Crippen LogP contribution in [0.3, 0.4) is 0 Å². The van der Waals surface area contributed by atoms with Crippen molar-refractivity contribution in [1.82, 2.24) is 5.32 Å². The molecule has 1 aliphatic heterocycles. The fourth-order valence-corrected chi connectivity index (χ4v) is 2.74. The maximum Gasteiger partial charge on any atom is 0.303 e. The number of rotatable bonds is 5. The summed E-state index contributed by atoms with van der Waals surface area (Å²) in [7, 11) is 1.34. The molecule has 1 amide bonds. The van der Waals surface area contributed by atoms with Gasteiger partial charge in [-0.05, 0) is 0 Å². The van der Waals surface area contributed by atoms with Crippen LogP contribution >= 0.6 is 0 Å². The number of methoxy groups -OCH3 is 1. The van der Waals surface area contributed by atoms with Crippen molar-refractivity contribution in [3.8, 4) is 0 Å².